The van der Waals surface area contributed by atoms with Gasteiger partial charge in [-0.15, -0.1) is 11.3 Å². The maximum atomic E-state index is 12.4. The van der Waals surface area contributed by atoms with Gasteiger partial charge < -0.3 is 14.2 Å². The van der Waals surface area contributed by atoms with Gasteiger partial charge in [0, 0.05) is 17.1 Å². The van der Waals surface area contributed by atoms with Gasteiger partial charge in [0.2, 0.25) is 0 Å². The number of thiazole rings is 1. The quantitative estimate of drug-likeness (QED) is 0.569. The van der Waals surface area contributed by atoms with Crippen molar-refractivity contribution >= 4 is 38.2 Å². The lowest BCUT2D eigenvalue weighted by molar-refractivity contribution is 0.0467. The van der Waals surface area contributed by atoms with Gasteiger partial charge in [-0.05, 0) is 35.0 Å². The monoisotopic (exact) mass is 438 g/mol. The average Bonchev–Trinajstić information content (AvgIpc) is 3.01. The number of hydrogen-bond acceptors (Lipinski definition) is 7. The third kappa shape index (κ3) is 3.45. The van der Waals surface area contributed by atoms with Crippen LogP contribution in [0.3, 0.4) is 0 Å². The van der Waals surface area contributed by atoms with E-state index in [9.17, 15) is 9.59 Å². The molecule has 0 N–H and O–H groups in total. The number of aryl methyl sites for hydroxylation is 1. The Kier molecular flexibility index (Phi) is 5.28. The van der Waals surface area contributed by atoms with Crippen LogP contribution in [0.2, 0.25) is 0 Å². The molecule has 0 bridgehead atoms. The standard InChI is InChI=1S/C17H15BrN2O5S/c1-9-8-26-17-19-11(6-14(21)20(9)17)7-25-16(22)10-4-12(23-2)15(18)13(5-10)24-3/h4-6,8H,7H2,1-3H3. The summed E-state index contributed by atoms with van der Waals surface area (Å²) in [5, 5.41) is 1.85. The van der Waals surface area contributed by atoms with Gasteiger partial charge in [-0.2, -0.15) is 0 Å². The van der Waals surface area contributed by atoms with Crippen LogP contribution in [0.5, 0.6) is 11.5 Å². The molecule has 0 saturated heterocycles. The smallest absolute Gasteiger partial charge is 0.338 e. The van der Waals surface area contributed by atoms with E-state index in [1.165, 1.54) is 36.0 Å². The summed E-state index contributed by atoms with van der Waals surface area (Å²) in [6, 6.07) is 4.45. The molecule has 2 aromatic heterocycles. The van der Waals surface area contributed by atoms with Gasteiger partial charge in [0.1, 0.15) is 22.6 Å². The van der Waals surface area contributed by atoms with Gasteiger partial charge in [0.15, 0.2) is 4.96 Å². The molecule has 3 rings (SSSR count). The fraction of sp³-hybridized carbons (Fsp3) is 0.235. The lowest BCUT2D eigenvalue weighted by atomic mass is 10.2. The van der Waals surface area contributed by atoms with Crippen molar-refractivity contribution < 1.29 is 19.0 Å². The second kappa shape index (κ2) is 7.46. The summed E-state index contributed by atoms with van der Waals surface area (Å²) in [6.45, 7) is 1.73. The van der Waals surface area contributed by atoms with Crippen molar-refractivity contribution in [1.82, 2.24) is 9.38 Å². The molecule has 0 unspecified atom stereocenters. The van der Waals surface area contributed by atoms with Crippen molar-refractivity contribution in [1.29, 1.82) is 0 Å². The molecule has 3 aromatic rings. The van der Waals surface area contributed by atoms with E-state index in [0.29, 0.717) is 26.6 Å². The number of hydrogen-bond donors (Lipinski definition) is 0. The normalized spacial score (nSPS) is 10.8. The lowest BCUT2D eigenvalue weighted by Crippen LogP contribution is -2.16. The van der Waals surface area contributed by atoms with Crippen LogP contribution >= 0.6 is 27.3 Å². The number of halogens is 1. The molecule has 7 nitrogen and oxygen atoms in total. The molecule has 1 aromatic carbocycles. The number of esters is 1. The Bertz CT molecular complexity index is 1020. The van der Waals surface area contributed by atoms with Crippen LogP contribution in [-0.2, 0) is 11.3 Å². The highest BCUT2D eigenvalue weighted by Crippen LogP contribution is 2.35. The van der Waals surface area contributed by atoms with Crippen molar-refractivity contribution in [3.05, 3.63) is 55.4 Å². The van der Waals surface area contributed by atoms with Crippen molar-refractivity contribution in [2.45, 2.75) is 13.5 Å². The van der Waals surface area contributed by atoms with Crippen molar-refractivity contribution in [2.24, 2.45) is 0 Å². The first-order valence-corrected chi connectivity index (χ1v) is 9.17. The Balaban J connectivity index is 1.82. The van der Waals surface area contributed by atoms with Gasteiger partial charge in [-0.3, -0.25) is 9.20 Å². The summed E-state index contributed by atoms with van der Waals surface area (Å²) in [6.07, 6.45) is 0. The minimum Gasteiger partial charge on any atom is -0.495 e. The number of rotatable bonds is 5. The molecular formula is C17H15BrN2O5S. The lowest BCUT2D eigenvalue weighted by Gasteiger charge is -2.11. The van der Waals surface area contributed by atoms with Crippen molar-refractivity contribution in [3.63, 3.8) is 0 Å². The summed E-state index contributed by atoms with van der Waals surface area (Å²) in [4.78, 5) is 29.4. The Morgan fingerprint density at radius 1 is 1.23 bits per heavy atom. The first kappa shape index (κ1) is 18.4. The van der Waals surface area contributed by atoms with Crippen molar-refractivity contribution in [2.75, 3.05) is 14.2 Å². The van der Waals surface area contributed by atoms with Crippen LogP contribution in [0.15, 0.2) is 32.8 Å². The second-order valence-electron chi connectivity index (χ2n) is 5.35. The summed E-state index contributed by atoms with van der Waals surface area (Å²) in [5.74, 6) is 0.324. The molecule has 0 aliphatic carbocycles. The molecule has 26 heavy (non-hydrogen) atoms. The van der Waals surface area contributed by atoms with E-state index in [0.717, 1.165) is 5.69 Å². The summed E-state index contributed by atoms with van der Waals surface area (Å²) < 4.78 is 17.8. The molecule has 0 spiro atoms. The Labute approximate surface area is 161 Å². The average molecular weight is 439 g/mol. The zero-order chi connectivity index (χ0) is 18.8. The van der Waals surface area contributed by atoms with Gasteiger partial charge in [-0.1, -0.05) is 0 Å². The molecule has 0 amide bonds. The molecular weight excluding hydrogens is 424 g/mol. The molecule has 0 atom stereocenters. The maximum absolute atomic E-state index is 12.4. The van der Waals surface area contributed by atoms with Gasteiger partial charge in [0.25, 0.3) is 5.56 Å². The molecule has 0 radical (unpaired) electrons. The second-order valence-corrected chi connectivity index (χ2v) is 6.98. The number of methoxy groups -OCH3 is 2. The topological polar surface area (TPSA) is 79.1 Å². The summed E-state index contributed by atoms with van der Waals surface area (Å²) in [5.41, 5.74) is 1.28. The molecule has 0 saturated carbocycles. The van der Waals surface area contributed by atoms with Crippen LogP contribution in [0.25, 0.3) is 4.96 Å². The number of fused-ring (bicyclic) bond motifs is 1. The van der Waals surface area contributed by atoms with E-state index in [-0.39, 0.29) is 17.7 Å². The van der Waals surface area contributed by atoms with E-state index in [2.05, 4.69) is 20.9 Å². The van der Waals surface area contributed by atoms with Crippen LogP contribution in [-0.4, -0.2) is 29.6 Å². The highest BCUT2D eigenvalue weighted by molar-refractivity contribution is 9.10. The molecule has 0 aliphatic heterocycles. The van der Waals surface area contributed by atoms with Gasteiger partial charge >= 0.3 is 5.97 Å². The number of ether oxygens (including phenoxy) is 3. The first-order chi connectivity index (χ1) is 12.4. The zero-order valence-corrected chi connectivity index (χ0v) is 16.6. The Morgan fingerprint density at radius 3 is 2.50 bits per heavy atom. The Morgan fingerprint density at radius 2 is 1.88 bits per heavy atom. The number of carbonyl (C=O) groups is 1. The van der Waals surface area contributed by atoms with E-state index >= 15 is 0 Å². The van der Waals surface area contributed by atoms with E-state index in [4.69, 9.17) is 14.2 Å². The third-order valence-electron chi connectivity index (χ3n) is 3.66. The van der Waals surface area contributed by atoms with Gasteiger partial charge in [-0.25, -0.2) is 9.78 Å². The van der Waals surface area contributed by atoms with Crippen LogP contribution < -0.4 is 15.0 Å². The summed E-state index contributed by atoms with van der Waals surface area (Å²) in [7, 11) is 2.98. The number of benzene rings is 1. The van der Waals surface area contributed by atoms with E-state index < -0.39 is 5.97 Å². The molecule has 136 valence electrons. The number of nitrogens with zero attached hydrogens (tertiary/aromatic N) is 2. The Hall–Kier alpha value is -2.39. The van der Waals surface area contributed by atoms with Crippen LogP contribution in [0.1, 0.15) is 21.7 Å². The maximum Gasteiger partial charge on any atom is 0.338 e. The molecule has 2 heterocycles. The number of aromatic nitrogens is 2. The van der Waals surface area contributed by atoms with Gasteiger partial charge in [0.05, 0.1) is 25.5 Å². The van der Waals surface area contributed by atoms with Crippen LogP contribution in [0.4, 0.5) is 0 Å². The SMILES string of the molecule is COc1cc(C(=O)OCc2cc(=O)n3c(C)csc3n2)cc(OC)c1Br. The highest BCUT2D eigenvalue weighted by atomic mass is 79.9. The third-order valence-corrected chi connectivity index (χ3v) is 5.39. The minimum atomic E-state index is -0.571. The first-order valence-electron chi connectivity index (χ1n) is 7.50. The molecule has 0 fully saturated rings. The van der Waals surface area contributed by atoms with Crippen LogP contribution in [0, 0.1) is 6.92 Å². The van der Waals surface area contributed by atoms with E-state index in [1.807, 2.05) is 12.3 Å². The van der Waals surface area contributed by atoms with E-state index in [1.54, 1.807) is 12.1 Å². The molecule has 0 aliphatic rings. The fourth-order valence-corrected chi connectivity index (χ4v) is 3.83. The molecule has 9 heteroatoms. The minimum absolute atomic E-state index is 0.109. The predicted octanol–water partition coefficient (Wildman–Crippen LogP) is 3.20. The fourth-order valence-electron chi connectivity index (χ4n) is 2.38. The number of carbonyl (C=O) groups excluding carboxylic acids is 1. The summed E-state index contributed by atoms with van der Waals surface area (Å²) >= 11 is 4.70. The largest absolute Gasteiger partial charge is 0.495 e. The predicted molar refractivity (Wildman–Crippen MR) is 100 cm³/mol. The zero-order valence-electron chi connectivity index (χ0n) is 14.2. The van der Waals surface area contributed by atoms with Crippen molar-refractivity contribution in [3.8, 4) is 11.5 Å². The highest BCUT2D eigenvalue weighted by Gasteiger charge is 2.16.